The Morgan fingerprint density at radius 1 is 0.742 bits per heavy atom. The Balaban J connectivity index is 1.43. The van der Waals surface area contributed by atoms with Gasteiger partial charge in [0, 0.05) is 12.0 Å². The first-order valence-electron chi connectivity index (χ1n) is 10.2. The Morgan fingerprint density at radius 3 is 1.94 bits per heavy atom. The van der Waals surface area contributed by atoms with Crippen LogP contribution in [0.25, 0.3) is 0 Å². The van der Waals surface area contributed by atoms with E-state index >= 15 is 0 Å². The van der Waals surface area contributed by atoms with E-state index in [1.54, 1.807) is 55.5 Å². The Bertz CT molecular complexity index is 1180. The van der Waals surface area contributed by atoms with E-state index < -0.39 is 5.92 Å². The lowest BCUT2D eigenvalue weighted by Gasteiger charge is -2.24. The number of amides is 4. The van der Waals surface area contributed by atoms with Gasteiger partial charge in [-0.2, -0.15) is 0 Å². The molecule has 1 saturated heterocycles. The molecule has 6 nitrogen and oxygen atoms in total. The number of carbonyl (C=O) groups excluding carboxylic acids is 4. The number of rotatable bonds is 3. The molecular formula is C25H20N2O4. The molecule has 1 fully saturated rings. The van der Waals surface area contributed by atoms with Gasteiger partial charge in [0.1, 0.15) is 0 Å². The standard InChI is InChI=1S/C25H20N2O4/c1-15-12-16(19-14-21(28)26(23(19)29)17-8-4-2-5-9-17)13-20-22(15)25(31)27(24(20)30)18-10-6-3-7-11-18/h2-12,16,19H,13-14H2,1H3/t16-,19+/m0/s1. The molecule has 6 heteroatoms. The van der Waals surface area contributed by atoms with E-state index in [-0.39, 0.29) is 42.4 Å². The van der Waals surface area contributed by atoms with Crippen molar-refractivity contribution in [1.29, 1.82) is 0 Å². The first-order chi connectivity index (χ1) is 15.0. The summed E-state index contributed by atoms with van der Waals surface area (Å²) in [6, 6.07) is 17.7. The lowest BCUT2D eigenvalue weighted by atomic mass is 9.78. The molecular weight excluding hydrogens is 392 g/mol. The summed E-state index contributed by atoms with van der Waals surface area (Å²) in [6.45, 7) is 1.79. The number of hydrogen-bond donors (Lipinski definition) is 0. The average Bonchev–Trinajstić information content (AvgIpc) is 3.21. The van der Waals surface area contributed by atoms with Crippen molar-refractivity contribution in [3.05, 3.63) is 83.5 Å². The number of allylic oxidation sites excluding steroid dienone is 1. The molecule has 2 atom stereocenters. The summed E-state index contributed by atoms with van der Waals surface area (Å²) in [7, 11) is 0. The van der Waals surface area contributed by atoms with E-state index in [1.807, 2.05) is 18.2 Å². The molecule has 0 spiro atoms. The molecule has 2 aromatic rings. The van der Waals surface area contributed by atoms with Crippen LogP contribution in [-0.2, 0) is 19.2 Å². The van der Waals surface area contributed by atoms with Gasteiger partial charge in [-0.3, -0.25) is 24.1 Å². The first kappa shape index (κ1) is 19.2. The third kappa shape index (κ3) is 2.94. The number of imide groups is 2. The third-order valence-electron chi connectivity index (χ3n) is 6.21. The van der Waals surface area contributed by atoms with E-state index in [0.717, 1.165) is 0 Å². The number of nitrogens with zero attached hydrogens (tertiary/aromatic N) is 2. The fourth-order valence-corrected chi connectivity index (χ4v) is 4.78. The summed E-state index contributed by atoms with van der Waals surface area (Å²) >= 11 is 0. The molecule has 5 rings (SSSR count). The molecule has 2 heterocycles. The number of anilines is 2. The molecule has 3 aliphatic rings. The Hall–Kier alpha value is -3.80. The quantitative estimate of drug-likeness (QED) is 0.724. The zero-order valence-electron chi connectivity index (χ0n) is 16.9. The normalized spacial score (nSPS) is 23.6. The van der Waals surface area contributed by atoms with Crippen molar-refractivity contribution in [2.45, 2.75) is 19.8 Å². The van der Waals surface area contributed by atoms with E-state index in [9.17, 15) is 19.2 Å². The fourth-order valence-electron chi connectivity index (χ4n) is 4.78. The molecule has 0 radical (unpaired) electrons. The number of hydrogen-bond acceptors (Lipinski definition) is 4. The van der Waals surface area contributed by atoms with Crippen LogP contribution in [0.15, 0.2) is 83.5 Å². The Kier molecular flexibility index (Phi) is 4.43. The third-order valence-corrected chi connectivity index (χ3v) is 6.21. The largest absolute Gasteiger partial charge is 0.274 e. The highest BCUT2D eigenvalue weighted by Gasteiger charge is 2.48. The van der Waals surface area contributed by atoms with Crippen LogP contribution in [0, 0.1) is 11.8 Å². The van der Waals surface area contributed by atoms with Crippen molar-refractivity contribution in [2.24, 2.45) is 11.8 Å². The number of para-hydroxylation sites is 2. The maximum atomic E-state index is 13.1. The Morgan fingerprint density at radius 2 is 1.32 bits per heavy atom. The van der Waals surface area contributed by atoms with Gasteiger partial charge in [-0.15, -0.1) is 0 Å². The van der Waals surface area contributed by atoms with Crippen LogP contribution in [-0.4, -0.2) is 23.6 Å². The summed E-state index contributed by atoms with van der Waals surface area (Å²) in [5, 5.41) is 0. The van der Waals surface area contributed by atoms with Crippen molar-refractivity contribution in [1.82, 2.24) is 0 Å². The summed E-state index contributed by atoms with van der Waals surface area (Å²) in [5.74, 6) is -2.04. The predicted octanol–water partition coefficient (Wildman–Crippen LogP) is 3.40. The van der Waals surface area contributed by atoms with E-state index in [1.165, 1.54) is 9.80 Å². The zero-order chi connectivity index (χ0) is 21.7. The highest BCUT2D eigenvalue weighted by Crippen LogP contribution is 2.43. The van der Waals surface area contributed by atoms with Gasteiger partial charge in [-0.05, 0) is 49.1 Å². The maximum Gasteiger partial charge on any atom is 0.266 e. The van der Waals surface area contributed by atoms with Crippen LogP contribution in [0.5, 0.6) is 0 Å². The van der Waals surface area contributed by atoms with Crippen LogP contribution >= 0.6 is 0 Å². The second-order valence-electron chi connectivity index (χ2n) is 8.07. The SMILES string of the molecule is CC1=C[C@H]([C@H]2CC(=O)N(c3ccccc3)C2=O)CC2=C1C(=O)N(c1ccccc1)C2=O. The van der Waals surface area contributed by atoms with E-state index in [0.29, 0.717) is 28.1 Å². The number of carbonyl (C=O) groups is 4. The fraction of sp³-hybridized carbons (Fsp3) is 0.200. The lowest BCUT2D eigenvalue weighted by Crippen LogP contribution is -2.33. The Labute approximate surface area is 179 Å². The average molecular weight is 412 g/mol. The summed E-state index contributed by atoms with van der Waals surface area (Å²) < 4.78 is 0. The van der Waals surface area contributed by atoms with Crippen molar-refractivity contribution < 1.29 is 19.2 Å². The molecule has 4 amide bonds. The van der Waals surface area contributed by atoms with Crippen LogP contribution < -0.4 is 9.80 Å². The van der Waals surface area contributed by atoms with Crippen LogP contribution in [0.1, 0.15) is 19.8 Å². The summed E-state index contributed by atoms with van der Waals surface area (Å²) in [6.07, 6.45) is 2.24. The lowest BCUT2D eigenvalue weighted by molar-refractivity contribution is -0.123. The minimum Gasteiger partial charge on any atom is -0.274 e. The molecule has 0 unspecified atom stereocenters. The molecule has 1 aliphatic carbocycles. The predicted molar refractivity (Wildman–Crippen MR) is 115 cm³/mol. The van der Waals surface area contributed by atoms with Crippen molar-refractivity contribution in [3.63, 3.8) is 0 Å². The highest BCUT2D eigenvalue weighted by molar-refractivity contribution is 6.34. The van der Waals surface area contributed by atoms with Gasteiger partial charge in [0.25, 0.3) is 11.8 Å². The van der Waals surface area contributed by atoms with Gasteiger partial charge in [-0.1, -0.05) is 42.5 Å². The highest BCUT2D eigenvalue weighted by atomic mass is 16.2. The van der Waals surface area contributed by atoms with Crippen molar-refractivity contribution in [3.8, 4) is 0 Å². The molecule has 2 aliphatic heterocycles. The van der Waals surface area contributed by atoms with Crippen molar-refractivity contribution >= 4 is 35.0 Å². The van der Waals surface area contributed by atoms with E-state index in [2.05, 4.69) is 0 Å². The molecule has 0 aromatic heterocycles. The molecule has 154 valence electrons. The van der Waals surface area contributed by atoms with E-state index in [4.69, 9.17) is 0 Å². The van der Waals surface area contributed by atoms with Gasteiger partial charge in [0.2, 0.25) is 11.8 Å². The molecule has 0 bridgehead atoms. The summed E-state index contributed by atoms with van der Waals surface area (Å²) in [5.41, 5.74) is 2.61. The van der Waals surface area contributed by atoms with Gasteiger partial charge < -0.3 is 0 Å². The minimum atomic E-state index is -0.551. The molecule has 0 N–H and O–H groups in total. The van der Waals surface area contributed by atoms with Crippen LogP contribution in [0.3, 0.4) is 0 Å². The maximum absolute atomic E-state index is 13.1. The monoisotopic (exact) mass is 412 g/mol. The smallest absolute Gasteiger partial charge is 0.266 e. The number of benzene rings is 2. The van der Waals surface area contributed by atoms with Crippen LogP contribution in [0.4, 0.5) is 11.4 Å². The van der Waals surface area contributed by atoms with Gasteiger partial charge in [0.05, 0.1) is 22.9 Å². The van der Waals surface area contributed by atoms with Gasteiger partial charge in [-0.25, -0.2) is 4.90 Å². The van der Waals surface area contributed by atoms with Gasteiger partial charge in [0.15, 0.2) is 0 Å². The second-order valence-corrected chi connectivity index (χ2v) is 8.07. The van der Waals surface area contributed by atoms with Crippen molar-refractivity contribution in [2.75, 3.05) is 9.80 Å². The molecule has 0 saturated carbocycles. The topological polar surface area (TPSA) is 74.8 Å². The molecule has 2 aromatic carbocycles. The van der Waals surface area contributed by atoms with Gasteiger partial charge >= 0.3 is 0 Å². The minimum absolute atomic E-state index is 0.0926. The first-order valence-corrected chi connectivity index (χ1v) is 10.2. The summed E-state index contributed by atoms with van der Waals surface area (Å²) in [4.78, 5) is 54.4. The van der Waals surface area contributed by atoms with Crippen LogP contribution in [0.2, 0.25) is 0 Å². The second kappa shape index (κ2) is 7.16. The zero-order valence-corrected chi connectivity index (χ0v) is 16.9. The molecule has 31 heavy (non-hydrogen) atoms.